The van der Waals surface area contributed by atoms with Gasteiger partial charge in [0.2, 0.25) is 0 Å². The van der Waals surface area contributed by atoms with Crippen LogP contribution in [0.1, 0.15) is 16.8 Å². The molecule has 0 saturated heterocycles. The highest BCUT2D eigenvalue weighted by atomic mass is 16.6. The number of nitrogens with zero attached hydrogens (tertiary/aromatic N) is 2. The zero-order valence-corrected chi connectivity index (χ0v) is 11.7. The lowest BCUT2D eigenvalue weighted by Crippen LogP contribution is -2.30. The highest BCUT2D eigenvalue weighted by Crippen LogP contribution is 2.35. The first kappa shape index (κ1) is 17.3. The van der Waals surface area contributed by atoms with Crippen LogP contribution >= 0.6 is 0 Å². The van der Waals surface area contributed by atoms with Gasteiger partial charge in [0.1, 0.15) is 0 Å². The Balaban J connectivity index is 3.28. The Labute approximate surface area is 124 Å². The molecular formula is C11H15N5O6. The summed E-state index contributed by atoms with van der Waals surface area (Å²) in [7, 11) is 1.49. The third-order valence-electron chi connectivity index (χ3n) is 2.71. The number of carbonyl (C=O) groups excluding carboxylic acids is 1. The molecule has 4 N–H and O–H groups in total. The van der Waals surface area contributed by atoms with E-state index in [-0.39, 0.29) is 17.8 Å². The second-order valence-corrected chi connectivity index (χ2v) is 4.15. The van der Waals surface area contributed by atoms with Crippen LogP contribution in [-0.2, 0) is 4.74 Å². The molecule has 0 fully saturated rings. The molecule has 0 heterocycles. The zero-order valence-electron chi connectivity index (χ0n) is 11.7. The minimum atomic E-state index is -0.864. The Bertz CT molecular complexity index is 555. The van der Waals surface area contributed by atoms with Crippen LogP contribution in [0.2, 0.25) is 0 Å². The van der Waals surface area contributed by atoms with Gasteiger partial charge in [-0.1, -0.05) is 0 Å². The molecule has 1 aromatic carbocycles. The number of nitrogens with two attached hydrogens (primary N) is 1. The van der Waals surface area contributed by atoms with E-state index in [1.807, 2.05) is 0 Å². The van der Waals surface area contributed by atoms with E-state index in [0.29, 0.717) is 13.0 Å². The maximum Gasteiger partial charge on any atom is 0.300 e. The summed E-state index contributed by atoms with van der Waals surface area (Å²) >= 11 is 0. The van der Waals surface area contributed by atoms with Crippen LogP contribution in [0.4, 0.5) is 17.1 Å². The minimum absolute atomic E-state index is 0.234. The van der Waals surface area contributed by atoms with E-state index in [2.05, 4.69) is 5.32 Å². The molecule has 1 amide bonds. The fourth-order valence-electron chi connectivity index (χ4n) is 1.73. The van der Waals surface area contributed by atoms with Gasteiger partial charge in [0.05, 0.1) is 15.4 Å². The molecule has 0 saturated carbocycles. The number of amides is 1. The molecule has 120 valence electrons. The van der Waals surface area contributed by atoms with Crippen LogP contribution in [0.15, 0.2) is 12.1 Å². The molecule has 1 rings (SSSR count). The molecule has 0 atom stereocenters. The van der Waals surface area contributed by atoms with E-state index in [9.17, 15) is 25.0 Å². The summed E-state index contributed by atoms with van der Waals surface area (Å²) in [6, 6.07) is 1.85. The van der Waals surface area contributed by atoms with Crippen molar-refractivity contribution in [2.45, 2.75) is 6.42 Å². The largest absolute Gasteiger partial charge is 0.385 e. The molecule has 0 aliphatic heterocycles. The zero-order chi connectivity index (χ0) is 16.7. The lowest BCUT2D eigenvalue weighted by Gasteiger charge is -2.09. The number of anilines is 1. The van der Waals surface area contributed by atoms with Crippen molar-refractivity contribution < 1.29 is 19.4 Å². The van der Waals surface area contributed by atoms with Gasteiger partial charge >= 0.3 is 0 Å². The highest BCUT2D eigenvalue weighted by molar-refractivity contribution is 5.97. The number of methoxy groups -OCH3 is 1. The van der Waals surface area contributed by atoms with E-state index < -0.39 is 27.1 Å². The fourth-order valence-corrected chi connectivity index (χ4v) is 1.73. The first-order valence-corrected chi connectivity index (χ1v) is 6.13. The SMILES string of the molecule is COCCCNc1c([N+](=O)[O-])cc(C(=O)NN)cc1[N+](=O)[O-]. The van der Waals surface area contributed by atoms with Gasteiger partial charge < -0.3 is 10.1 Å². The number of nitrogen functional groups attached to an aromatic ring is 1. The second kappa shape index (κ2) is 7.85. The molecule has 0 radical (unpaired) electrons. The standard InChI is InChI=1S/C11H15N5O6/c1-22-4-2-3-13-10-8(15(18)19)5-7(11(17)14-12)6-9(10)16(20)21/h5-6,13H,2-4,12H2,1H3,(H,14,17). The summed E-state index contributed by atoms with van der Waals surface area (Å²) in [5, 5.41) is 24.8. The number of ether oxygens (including phenoxy) is 1. The summed E-state index contributed by atoms with van der Waals surface area (Å²) in [6.45, 7) is 0.625. The molecule has 0 unspecified atom stereocenters. The molecular weight excluding hydrogens is 298 g/mol. The number of rotatable bonds is 8. The van der Waals surface area contributed by atoms with Crippen molar-refractivity contribution in [2.24, 2.45) is 5.84 Å². The van der Waals surface area contributed by atoms with Crippen molar-refractivity contribution in [2.75, 3.05) is 25.6 Å². The number of nitrogens with one attached hydrogen (secondary N) is 2. The van der Waals surface area contributed by atoms with Crippen molar-refractivity contribution in [1.82, 2.24) is 5.43 Å². The van der Waals surface area contributed by atoms with Gasteiger partial charge in [-0.25, -0.2) is 5.84 Å². The minimum Gasteiger partial charge on any atom is -0.385 e. The van der Waals surface area contributed by atoms with Gasteiger partial charge in [-0.15, -0.1) is 0 Å². The lowest BCUT2D eigenvalue weighted by molar-refractivity contribution is -0.392. The van der Waals surface area contributed by atoms with Gasteiger partial charge in [-0.3, -0.25) is 30.4 Å². The summed E-state index contributed by atoms with van der Waals surface area (Å²) in [4.78, 5) is 32.0. The fraction of sp³-hybridized carbons (Fsp3) is 0.364. The maximum atomic E-state index is 11.5. The van der Waals surface area contributed by atoms with Crippen molar-refractivity contribution in [3.8, 4) is 0 Å². The Hall–Kier alpha value is -2.79. The van der Waals surface area contributed by atoms with Crippen LogP contribution in [0.25, 0.3) is 0 Å². The average Bonchev–Trinajstić information content (AvgIpc) is 2.49. The van der Waals surface area contributed by atoms with Crippen LogP contribution in [0.5, 0.6) is 0 Å². The molecule has 1 aromatic rings. The number of hydrogen-bond donors (Lipinski definition) is 3. The molecule has 0 spiro atoms. The molecule has 0 bridgehead atoms. The molecule has 0 aliphatic carbocycles. The van der Waals surface area contributed by atoms with Crippen LogP contribution in [0, 0.1) is 20.2 Å². The topological polar surface area (TPSA) is 163 Å². The summed E-state index contributed by atoms with van der Waals surface area (Å²) < 4.78 is 4.83. The normalized spacial score (nSPS) is 10.1. The van der Waals surface area contributed by atoms with Gasteiger partial charge in [0.15, 0.2) is 5.69 Å². The Morgan fingerprint density at radius 1 is 1.27 bits per heavy atom. The van der Waals surface area contributed by atoms with E-state index in [0.717, 1.165) is 12.1 Å². The Kier molecular flexibility index (Phi) is 6.16. The van der Waals surface area contributed by atoms with E-state index in [1.54, 1.807) is 5.43 Å². The van der Waals surface area contributed by atoms with Crippen LogP contribution < -0.4 is 16.6 Å². The smallest absolute Gasteiger partial charge is 0.300 e. The number of nitro groups is 2. The number of carbonyl (C=O) groups is 1. The Morgan fingerprint density at radius 2 is 1.82 bits per heavy atom. The third kappa shape index (κ3) is 4.10. The molecule has 11 heteroatoms. The lowest BCUT2D eigenvalue weighted by atomic mass is 10.1. The molecule has 11 nitrogen and oxygen atoms in total. The molecule has 0 aromatic heterocycles. The first-order valence-electron chi connectivity index (χ1n) is 6.13. The Morgan fingerprint density at radius 3 is 2.23 bits per heavy atom. The summed E-state index contributed by atoms with van der Waals surface area (Å²) in [5.41, 5.74) is 0.0760. The van der Waals surface area contributed by atoms with Crippen molar-refractivity contribution >= 4 is 23.0 Å². The number of benzene rings is 1. The van der Waals surface area contributed by atoms with E-state index in [4.69, 9.17) is 10.6 Å². The second-order valence-electron chi connectivity index (χ2n) is 4.15. The summed E-state index contributed by atoms with van der Waals surface area (Å²) in [5.74, 6) is 4.08. The monoisotopic (exact) mass is 313 g/mol. The number of hydrazine groups is 1. The van der Waals surface area contributed by atoms with Gasteiger partial charge in [-0.05, 0) is 6.42 Å². The third-order valence-corrected chi connectivity index (χ3v) is 2.71. The maximum absolute atomic E-state index is 11.5. The van der Waals surface area contributed by atoms with Crippen LogP contribution in [0.3, 0.4) is 0 Å². The average molecular weight is 313 g/mol. The van der Waals surface area contributed by atoms with E-state index in [1.165, 1.54) is 7.11 Å². The van der Waals surface area contributed by atoms with E-state index >= 15 is 0 Å². The molecule has 22 heavy (non-hydrogen) atoms. The van der Waals surface area contributed by atoms with Gasteiger partial charge in [0.25, 0.3) is 17.3 Å². The number of nitro benzene ring substituents is 2. The highest BCUT2D eigenvalue weighted by Gasteiger charge is 2.28. The van der Waals surface area contributed by atoms with Gasteiger partial charge in [-0.2, -0.15) is 0 Å². The van der Waals surface area contributed by atoms with Crippen molar-refractivity contribution in [3.63, 3.8) is 0 Å². The summed E-state index contributed by atoms with van der Waals surface area (Å²) in [6.07, 6.45) is 0.496. The molecule has 0 aliphatic rings. The van der Waals surface area contributed by atoms with Crippen molar-refractivity contribution in [1.29, 1.82) is 0 Å². The van der Waals surface area contributed by atoms with Crippen molar-refractivity contribution in [3.05, 3.63) is 37.9 Å². The van der Waals surface area contributed by atoms with Crippen LogP contribution in [-0.4, -0.2) is 36.0 Å². The predicted molar refractivity (Wildman–Crippen MR) is 76.4 cm³/mol. The first-order chi connectivity index (χ1) is 10.4. The quantitative estimate of drug-likeness (QED) is 0.206. The van der Waals surface area contributed by atoms with Gasteiger partial charge in [0, 0.05) is 32.4 Å². The predicted octanol–water partition coefficient (Wildman–Crippen LogP) is 0.555. The number of hydrogen-bond acceptors (Lipinski definition) is 8.